The highest BCUT2D eigenvalue weighted by Gasteiger charge is 2.37. The maximum absolute atomic E-state index is 13.4. The lowest BCUT2D eigenvalue weighted by molar-refractivity contribution is -0.142. The first-order chi connectivity index (χ1) is 22.1. The lowest BCUT2D eigenvalue weighted by Crippen LogP contribution is -2.43. The van der Waals surface area contributed by atoms with Gasteiger partial charge in [0.1, 0.15) is 24.0 Å². The molecule has 4 N–H and O–H groups in total. The van der Waals surface area contributed by atoms with Gasteiger partial charge in [0.2, 0.25) is 5.96 Å². The maximum Gasteiger partial charge on any atom is 0.410 e. The summed E-state index contributed by atoms with van der Waals surface area (Å²) in [5.74, 6) is -0.932. The summed E-state index contributed by atoms with van der Waals surface area (Å²) in [6.07, 6.45) is 0.107. The van der Waals surface area contributed by atoms with Gasteiger partial charge in [-0.05, 0) is 86.4 Å². The van der Waals surface area contributed by atoms with Crippen LogP contribution in [0.5, 0.6) is 5.75 Å². The molecule has 0 aromatic heterocycles. The Kier molecular flexibility index (Phi) is 9.27. The summed E-state index contributed by atoms with van der Waals surface area (Å²) >= 11 is 0. The quantitative estimate of drug-likeness (QED) is 0.155. The van der Waals surface area contributed by atoms with Crippen molar-refractivity contribution in [2.75, 3.05) is 20.2 Å². The molecule has 47 heavy (non-hydrogen) atoms. The van der Waals surface area contributed by atoms with Crippen molar-refractivity contribution in [3.05, 3.63) is 81.9 Å². The number of rotatable bonds is 10. The number of nitrogens with zero attached hydrogens (tertiary/aromatic N) is 2. The van der Waals surface area contributed by atoms with Crippen LogP contribution < -0.4 is 15.2 Å². The maximum atomic E-state index is 13.4. The Morgan fingerprint density at radius 1 is 1.06 bits per heavy atom. The van der Waals surface area contributed by atoms with E-state index in [0.717, 1.165) is 44.0 Å². The average Bonchev–Trinajstić information content (AvgIpc) is 3.52. The van der Waals surface area contributed by atoms with Gasteiger partial charge in [0.15, 0.2) is 0 Å². The van der Waals surface area contributed by atoms with Crippen LogP contribution in [0.25, 0.3) is 11.1 Å². The Hall–Kier alpha value is -4.58. The highest BCUT2D eigenvalue weighted by atomic mass is 32.2. The number of carbonyl (C=O) groups excluding carboxylic acids is 1. The number of guanidine groups is 1. The summed E-state index contributed by atoms with van der Waals surface area (Å²) in [5.41, 5.74) is 12.6. The van der Waals surface area contributed by atoms with Crippen molar-refractivity contribution >= 4 is 28.0 Å². The Labute approximate surface area is 275 Å². The Morgan fingerprint density at radius 2 is 1.66 bits per heavy atom. The first kappa shape index (κ1) is 33.8. The predicted octanol–water partition coefficient (Wildman–Crippen LogP) is 5.03. The molecule has 0 spiro atoms. The number of benzene rings is 3. The summed E-state index contributed by atoms with van der Waals surface area (Å²) in [4.78, 5) is 30.4. The lowest BCUT2D eigenvalue weighted by atomic mass is 9.94. The van der Waals surface area contributed by atoms with Crippen molar-refractivity contribution in [2.24, 2.45) is 10.7 Å². The third kappa shape index (κ3) is 6.64. The van der Waals surface area contributed by atoms with Crippen molar-refractivity contribution in [1.29, 1.82) is 0 Å². The number of amides is 1. The zero-order valence-corrected chi connectivity index (χ0v) is 28.4. The van der Waals surface area contributed by atoms with E-state index in [2.05, 4.69) is 9.71 Å². The van der Waals surface area contributed by atoms with E-state index < -0.39 is 33.7 Å². The van der Waals surface area contributed by atoms with Gasteiger partial charge in [-0.15, -0.1) is 0 Å². The fraction of sp³-hybridized carbons (Fsp3) is 0.400. The number of carbonyl (C=O) groups is 2. The number of hydrogen-bond donors (Lipinski definition) is 3. The van der Waals surface area contributed by atoms with Crippen LogP contribution in [0.2, 0.25) is 0 Å². The number of fused-ring (bicyclic) bond motifs is 4. The van der Waals surface area contributed by atoms with Crippen molar-refractivity contribution in [2.45, 2.75) is 76.3 Å². The fourth-order valence-electron chi connectivity index (χ4n) is 6.66. The van der Waals surface area contributed by atoms with Gasteiger partial charge >= 0.3 is 12.1 Å². The van der Waals surface area contributed by atoms with E-state index in [1.165, 1.54) is 7.05 Å². The molecule has 250 valence electrons. The van der Waals surface area contributed by atoms with Gasteiger partial charge in [0.25, 0.3) is 10.0 Å². The molecular formula is C35H42N4O7S. The summed E-state index contributed by atoms with van der Waals surface area (Å²) in [6.45, 7) is 9.36. The predicted molar refractivity (Wildman–Crippen MR) is 179 cm³/mol. The largest absolute Gasteiger partial charge is 0.487 e. The minimum absolute atomic E-state index is 0.0415. The molecule has 0 saturated carbocycles. The molecule has 2 aliphatic rings. The van der Waals surface area contributed by atoms with Gasteiger partial charge in [0, 0.05) is 31.5 Å². The molecule has 3 aromatic carbocycles. The number of aliphatic imine (C=N–C) groups is 1. The molecule has 0 bridgehead atoms. The highest BCUT2D eigenvalue weighted by Crippen LogP contribution is 2.45. The highest BCUT2D eigenvalue weighted by molar-refractivity contribution is 7.90. The average molecular weight is 663 g/mol. The van der Waals surface area contributed by atoms with Crippen LogP contribution in [0, 0.1) is 20.8 Å². The number of ether oxygens (including phenoxy) is 2. The molecule has 5 rings (SSSR count). The van der Waals surface area contributed by atoms with E-state index in [1.54, 1.807) is 13.8 Å². The molecular weight excluding hydrogens is 620 g/mol. The molecule has 1 amide bonds. The topological polar surface area (TPSA) is 161 Å². The Balaban J connectivity index is 1.18. The molecule has 1 heterocycles. The minimum atomic E-state index is -4.07. The van der Waals surface area contributed by atoms with Gasteiger partial charge in [-0.25, -0.2) is 22.7 Å². The number of aliphatic carboxylic acids is 1. The molecule has 0 saturated heterocycles. The molecule has 0 radical (unpaired) electrons. The van der Waals surface area contributed by atoms with E-state index in [1.807, 2.05) is 69.3 Å². The summed E-state index contributed by atoms with van der Waals surface area (Å²) in [7, 11) is -2.68. The number of carboxylic acid groups (broad SMARTS) is 1. The van der Waals surface area contributed by atoms with Crippen molar-refractivity contribution in [3.63, 3.8) is 0 Å². The molecule has 1 aliphatic carbocycles. The van der Waals surface area contributed by atoms with E-state index in [0.29, 0.717) is 17.5 Å². The minimum Gasteiger partial charge on any atom is -0.487 e. The third-order valence-electron chi connectivity index (χ3n) is 9.09. The number of nitrogens with two attached hydrogens (primary N) is 1. The first-order valence-electron chi connectivity index (χ1n) is 15.6. The number of hydrogen-bond acceptors (Lipinski definition) is 7. The molecule has 12 heteroatoms. The summed E-state index contributed by atoms with van der Waals surface area (Å²) < 4.78 is 41.0. The van der Waals surface area contributed by atoms with Crippen LogP contribution in [0.3, 0.4) is 0 Å². The van der Waals surface area contributed by atoms with E-state index in [4.69, 9.17) is 15.2 Å². The van der Waals surface area contributed by atoms with Crippen LogP contribution in [0.15, 0.2) is 58.4 Å². The lowest BCUT2D eigenvalue weighted by Gasteiger charge is -2.25. The SMILES string of the molecule is Cc1c(C)c(S(=O)(=O)NC(N)=NCCCC(C(=O)O)N(C)C(=O)OCC2c3ccccc3-c3ccccc32)c(C)c2c1OC(C)(C)C2. The monoisotopic (exact) mass is 662 g/mol. The number of sulfonamides is 1. The molecule has 1 aliphatic heterocycles. The van der Waals surface area contributed by atoms with Crippen LogP contribution in [0.4, 0.5) is 4.79 Å². The second-order valence-electron chi connectivity index (χ2n) is 12.8. The second kappa shape index (κ2) is 12.9. The summed E-state index contributed by atoms with van der Waals surface area (Å²) in [6, 6.07) is 14.7. The van der Waals surface area contributed by atoms with Crippen molar-refractivity contribution in [1.82, 2.24) is 9.62 Å². The zero-order chi connectivity index (χ0) is 34.3. The molecule has 1 atom stereocenters. The number of likely N-dealkylation sites (N-methyl/N-ethyl adjacent to an activating group) is 1. The molecule has 11 nitrogen and oxygen atoms in total. The molecule has 1 unspecified atom stereocenters. The fourth-order valence-corrected chi connectivity index (χ4v) is 8.18. The smallest absolute Gasteiger partial charge is 0.410 e. The molecule has 3 aromatic rings. The Morgan fingerprint density at radius 3 is 2.26 bits per heavy atom. The van der Waals surface area contributed by atoms with E-state index in [-0.39, 0.29) is 42.8 Å². The van der Waals surface area contributed by atoms with Gasteiger partial charge in [-0.3, -0.25) is 9.89 Å². The molecule has 0 fully saturated rings. The van der Waals surface area contributed by atoms with Gasteiger partial charge in [-0.2, -0.15) is 0 Å². The second-order valence-corrected chi connectivity index (χ2v) is 14.5. The van der Waals surface area contributed by atoms with E-state index in [9.17, 15) is 23.1 Å². The van der Waals surface area contributed by atoms with Gasteiger partial charge in [0.05, 0.1) is 4.90 Å². The first-order valence-corrected chi connectivity index (χ1v) is 17.1. The van der Waals surface area contributed by atoms with Crippen LogP contribution in [-0.4, -0.2) is 68.3 Å². The van der Waals surface area contributed by atoms with Crippen LogP contribution >= 0.6 is 0 Å². The number of carboxylic acids is 1. The van der Waals surface area contributed by atoms with Gasteiger partial charge in [-0.1, -0.05) is 48.5 Å². The number of nitrogens with one attached hydrogen (secondary N) is 1. The zero-order valence-electron chi connectivity index (χ0n) is 27.6. The van der Waals surface area contributed by atoms with Crippen molar-refractivity contribution in [3.8, 4) is 16.9 Å². The van der Waals surface area contributed by atoms with Gasteiger partial charge < -0.3 is 20.3 Å². The summed E-state index contributed by atoms with van der Waals surface area (Å²) in [5, 5.41) is 9.88. The normalized spacial score (nSPS) is 15.7. The van der Waals surface area contributed by atoms with E-state index >= 15 is 0 Å². The Bertz CT molecular complexity index is 1820. The van der Waals surface area contributed by atoms with Crippen LogP contribution in [0.1, 0.15) is 66.0 Å². The third-order valence-corrected chi connectivity index (χ3v) is 10.7. The van der Waals surface area contributed by atoms with Crippen molar-refractivity contribution < 1.29 is 32.6 Å². The van der Waals surface area contributed by atoms with Crippen LogP contribution in [-0.2, 0) is 26.0 Å². The standard InChI is InChI=1S/C35H42N4O7S/c1-20-21(2)31(22(3)27-18-35(4,5)46-30(20)27)47(43,44)38-33(36)37-17-11-16-29(32(40)41)39(6)34(42)45-19-28-25-14-9-7-12-23(25)24-13-8-10-15-26(24)28/h7-10,12-15,28-29H,11,16-19H2,1-6H3,(H,40,41)(H3,36,37,38).